The zero-order valence-corrected chi connectivity index (χ0v) is 21.6. The topological polar surface area (TPSA) is 100 Å². The molecule has 0 atom stereocenters. The van der Waals surface area contributed by atoms with Crippen LogP contribution in [0, 0.1) is 5.92 Å². The van der Waals surface area contributed by atoms with Gasteiger partial charge in [-0.2, -0.15) is 13.2 Å². The molecule has 2 N–H and O–H groups in total. The molecule has 12 heteroatoms. The number of halogens is 3. The molecule has 202 valence electrons. The first-order valence-corrected chi connectivity index (χ1v) is 13.2. The first-order chi connectivity index (χ1) is 18.7. The summed E-state index contributed by atoms with van der Waals surface area (Å²) in [6.07, 6.45) is 0.703. The lowest BCUT2D eigenvalue weighted by Gasteiger charge is -2.32. The van der Waals surface area contributed by atoms with Crippen LogP contribution in [-0.4, -0.2) is 45.7 Å². The minimum atomic E-state index is -4.40. The molecule has 0 aliphatic carbocycles. The molecule has 2 aliphatic heterocycles. The van der Waals surface area contributed by atoms with E-state index in [-0.39, 0.29) is 0 Å². The second-order valence-electron chi connectivity index (χ2n) is 9.29. The van der Waals surface area contributed by atoms with Gasteiger partial charge in [0.1, 0.15) is 0 Å². The Kier molecular flexibility index (Phi) is 7.94. The average Bonchev–Trinajstić information content (AvgIpc) is 3.25. The lowest BCUT2D eigenvalue weighted by Crippen LogP contribution is -2.38. The predicted octanol–water partition coefficient (Wildman–Crippen LogP) is 4.89. The molecule has 5 rings (SSSR count). The molecule has 2 aliphatic rings. The molecule has 0 unspecified atom stereocenters. The summed E-state index contributed by atoms with van der Waals surface area (Å²) in [4.78, 5) is 39.1. The van der Waals surface area contributed by atoms with Crippen molar-refractivity contribution < 1.29 is 22.8 Å². The van der Waals surface area contributed by atoms with Gasteiger partial charge in [-0.1, -0.05) is 18.2 Å². The number of thioether (sulfide) groups is 1. The summed E-state index contributed by atoms with van der Waals surface area (Å²) in [6.45, 7) is 2.87. The molecule has 0 bridgehead atoms. The van der Waals surface area contributed by atoms with Crippen molar-refractivity contribution in [3.8, 4) is 11.3 Å². The van der Waals surface area contributed by atoms with Crippen LogP contribution in [-0.2, 0) is 17.5 Å². The van der Waals surface area contributed by atoms with Crippen molar-refractivity contribution in [1.29, 1.82) is 0 Å². The van der Waals surface area contributed by atoms with E-state index < -0.39 is 22.9 Å². The molecule has 8 nitrogen and oxygen atoms in total. The fourth-order valence-corrected chi connectivity index (χ4v) is 5.15. The number of piperidine rings is 1. The Morgan fingerprint density at radius 2 is 1.87 bits per heavy atom. The summed E-state index contributed by atoms with van der Waals surface area (Å²) in [5.41, 5.74) is 1.57. The van der Waals surface area contributed by atoms with Crippen LogP contribution in [0.5, 0.6) is 0 Å². The Hall–Kier alpha value is -3.77. The summed E-state index contributed by atoms with van der Waals surface area (Å²) in [7, 11) is 0. The number of nitrogens with one attached hydrogen (secondary N) is 2. The zero-order valence-electron chi connectivity index (χ0n) is 20.7. The first-order valence-electron chi connectivity index (χ1n) is 12.4. The maximum absolute atomic E-state index is 13.1. The number of aromatic nitrogens is 3. The molecular weight excluding hydrogens is 529 g/mol. The molecule has 0 radical (unpaired) electrons. The smallest absolute Gasteiger partial charge is 0.341 e. The number of anilines is 1. The Morgan fingerprint density at radius 1 is 1.08 bits per heavy atom. The highest BCUT2D eigenvalue weighted by atomic mass is 32.2. The largest absolute Gasteiger partial charge is 0.416 e. The van der Waals surface area contributed by atoms with Crippen LogP contribution in [0.1, 0.15) is 29.8 Å². The van der Waals surface area contributed by atoms with Crippen LogP contribution in [0.4, 0.5) is 23.9 Å². The molecule has 4 heterocycles. The molecule has 39 heavy (non-hydrogen) atoms. The van der Waals surface area contributed by atoms with Gasteiger partial charge < -0.3 is 10.2 Å². The van der Waals surface area contributed by atoms with E-state index in [2.05, 4.69) is 30.5 Å². The van der Waals surface area contributed by atoms with E-state index in [9.17, 15) is 22.8 Å². The quantitative estimate of drug-likeness (QED) is 0.399. The highest BCUT2D eigenvalue weighted by Crippen LogP contribution is 2.32. The number of amides is 2. The van der Waals surface area contributed by atoms with Crippen molar-refractivity contribution in [2.24, 2.45) is 5.92 Å². The zero-order chi connectivity index (χ0) is 27.4. The second-order valence-corrected chi connectivity index (χ2v) is 10.3. The predicted molar refractivity (Wildman–Crippen MR) is 142 cm³/mol. The van der Waals surface area contributed by atoms with Crippen molar-refractivity contribution >= 4 is 34.9 Å². The minimum Gasteiger partial charge on any atom is -0.341 e. The van der Waals surface area contributed by atoms with Gasteiger partial charge >= 0.3 is 6.18 Å². The Balaban J connectivity index is 1.12. The van der Waals surface area contributed by atoms with Gasteiger partial charge in [-0.05, 0) is 73.5 Å². The van der Waals surface area contributed by atoms with E-state index in [1.165, 1.54) is 6.07 Å². The molecule has 2 aromatic heterocycles. The maximum atomic E-state index is 13.1. The number of carbonyl (C=O) groups is 2. The summed E-state index contributed by atoms with van der Waals surface area (Å²) < 4.78 is 39.2. The molecule has 2 saturated heterocycles. The van der Waals surface area contributed by atoms with Gasteiger partial charge in [0.25, 0.3) is 11.1 Å². The summed E-state index contributed by atoms with van der Waals surface area (Å²) >= 11 is 0.852. The Bertz CT molecular complexity index is 1410. The lowest BCUT2D eigenvalue weighted by atomic mass is 9.97. The highest BCUT2D eigenvalue weighted by molar-refractivity contribution is 8.18. The minimum absolute atomic E-state index is 0.310. The van der Waals surface area contributed by atoms with Crippen LogP contribution >= 0.6 is 11.8 Å². The standard InChI is InChI=1S/C27H25F3N6O2S/c28-27(29,30)19-4-1-3-18(13-19)22-6-2-5-21(33-22)16-31-15-17-8-11-36(12-9-17)25-32-10-7-20(34-25)14-23-24(37)35-26(38)39-23/h1-7,10,13-14,17,31H,8-9,11-12,15-16H2,(H,35,37,38)/b23-14-. The number of rotatable bonds is 7. The Labute approximate surface area is 227 Å². The lowest BCUT2D eigenvalue weighted by molar-refractivity contribution is -0.137. The van der Waals surface area contributed by atoms with Gasteiger partial charge in [0.05, 0.1) is 27.6 Å². The third-order valence-corrected chi connectivity index (χ3v) is 7.32. The van der Waals surface area contributed by atoms with E-state index in [1.807, 2.05) is 6.07 Å². The molecule has 0 spiro atoms. The van der Waals surface area contributed by atoms with Crippen molar-refractivity contribution in [3.05, 3.63) is 76.6 Å². The van der Waals surface area contributed by atoms with E-state index in [0.29, 0.717) is 40.3 Å². The maximum Gasteiger partial charge on any atom is 0.416 e. The number of imide groups is 1. The van der Waals surface area contributed by atoms with Crippen LogP contribution in [0.25, 0.3) is 17.3 Å². The number of alkyl halides is 3. The Morgan fingerprint density at radius 3 is 2.62 bits per heavy atom. The van der Waals surface area contributed by atoms with E-state index in [4.69, 9.17) is 0 Å². The van der Waals surface area contributed by atoms with Gasteiger partial charge in [0.15, 0.2) is 0 Å². The fourth-order valence-electron chi connectivity index (χ4n) is 4.49. The van der Waals surface area contributed by atoms with Gasteiger partial charge in [-0.3, -0.25) is 19.9 Å². The summed E-state index contributed by atoms with van der Waals surface area (Å²) in [5.74, 6) is 0.611. The molecule has 2 fully saturated rings. The number of hydrogen-bond donors (Lipinski definition) is 2. The molecule has 1 aromatic carbocycles. The number of carbonyl (C=O) groups excluding carboxylic acids is 2. The molecular formula is C27H25F3N6O2S. The highest BCUT2D eigenvalue weighted by Gasteiger charge is 2.30. The van der Waals surface area contributed by atoms with Crippen LogP contribution in [0.2, 0.25) is 0 Å². The number of hydrogen-bond acceptors (Lipinski definition) is 8. The van der Waals surface area contributed by atoms with E-state index >= 15 is 0 Å². The third-order valence-electron chi connectivity index (χ3n) is 6.51. The van der Waals surface area contributed by atoms with Gasteiger partial charge in [-0.25, -0.2) is 9.97 Å². The van der Waals surface area contributed by atoms with Gasteiger partial charge in [0.2, 0.25) is 5.95 Å². The SMILES string of the molecule is O=C1NC(=O)/C(=C/c2ccnc(N3CCC(CNCc4cccc(-c5cccc(C(F)(F)F)c5)n4)CC3)n2)S1. The third kappa shape index (κ3) is 6.82. The van der Waals surface area contributed by atoms with Crippen molar-refractivity contribution in [2.45, 2.75) is 25.6 Å². The van der Waals surface area contributed by atoms with Crippen LogP contribution in [0.15, 0.2) is 59.6 Å². The second kappa shape index (κ2) is 11.5. The summed E-state index contributed by atoms with van der Waals surface area (Å²) in [5, 5.41) is 5.27. The van der Waals surface area contributed by atoms with Crippen molar-refractivity contribution in [3.63, 3.8) is 0 Å². The number of pyridine rings is 1. The van der Waals surface area contributed by atoms with Gasteiger partial charge in [0, 0.05) is 31.4 Å². The van der Waals surface area contributed by atoms with E-state index in [0.717, 1.165) is 62.1 Å². The van der Waals surface area contributed by atoms with Crippen molar-refractivity contribution in [2.75, 3.05) is 24.5 Å². The van der Waals surface area contributed by atoms with Gasteiger partial charge in [-0.15, -0.1) is 0 Å². The molecule has 0 saturated carbocycles. The van der Waals surface area contributed by atoms with Crippen LogP contribution in [0.3, 0.4) is 0 Å². The van der Waals surface area contributed by atoms with Crippen molar-refractivity contribution in [1.82, 2.24) is 25.6 Å². The average molecular weight is 555 g/mol. The normalized spacial score (nSPS) is 17.6. The number of nitrogens with zero attached hydrogens (tertiary/aromatic N) is 4. The first kappa shape index (κ1) is 26.8. The fraction of sp³-hybridized carbons (Fsp3) is 0.296. The number of benzene rings is 1. The van der Waals surface area contributed by atoms with Crippen LogP contribution < -0.4 is 15.5 Å². The summed E-state index contributed by atoms with van der Waals surface area (Å²) in [6, 6.07) is 12.3. The molecule has 2 amide bonds. The molecule has 3 aromatic rings. The monoisotopic (exact) mass is 554 g/mol. The van der Waals surface area contributed by atoms with E-state index in [1.54, 1.807) is 36.5 Å².